The second kappa shape index (κ2) is 11.6. The van der Waals surface area contributed by atoms with Gasteiger partial charge in [-0.2, -0.15) is 0 Å². The van der Waals surface area contributed by atoms with Crippen molar-refractivity contribution in [2.75, 3.05) is 13.6 Å². The molecule has 1 N–H and O–H groups in total. The molecule has 11 heteroatoms. The molecule has 2 aromatic carbocycles. The average Bonchev–Trinajstić information content (AvgIpc) is 2.95. The van der Waals surface area contributed by atoms with Gasteiger partial charge in [-0.15, -0.1) is 0 Å². The van der Waals surface area contributed by atoms with Crippen molar-refractivity contribution in [2.24, 2.45) is 0 Å². The number of pyridine rings is 1. The average molecular weight is 593 g/mol. The lowest BCUT2D eigenvalue weighted by Gasteiger charge is -2.57. The molecule has 43 heavy (non-hydrogen) atoms. The van der Waals surface area contributed by atoms with Crippen molar-refractivity contribution in [3.05, 3.63) is 99.0 Å². The molecule has 1 saturated carbocycles. The van der Waals surface area contributed by atoms with E-state index < -0.39 is 34.4 Å². The molecular weight excluding hydrogens is 558 g/mol. The Labute approximate surface area is 248 Å². The predicted molar refractivity (Wildman–Crippen MR) is 155 cm³/mol. The van der Waals surface area contributed by atoms with Gasteiger partial charge in [0.25, 0.3) is 11.8 Å². The van der Waals surface area contributed by atoms with E-state index >= 15 is 0 Å². The summed E-state index contributed by atoms with van der Waals surface area (Å²) in [7, 11) is 1.72. The second-order valence-electron chi connectivity index (χ2n) is 11.6. The summed E-state index contributed by atoms with van der Waals surface area (Å²) in [4.78, 5) is 56.7. The van der Waals surface area contributed by atoms with Crippen LogP contribution in [0.4, 0.5) is 8.78 Å². The first kappa shape index (κ1) is 29.9. The molecule has 1 fully saturated rings. The van der Waals surface area contributed by atoms with Gasteiger partial charge in [0.15, 0.2) is 11.4 Å². The molecule has 9 nitrogen and oxygen atoms in total. The Morgan fingerprint density at radius 3 is 2.44 bits per heavy atom. The minimum absolute atomic E-state index is 0.0212. The van der Waals surface area contributed by atoms with Gasteiger partial charge in [-0.1, -0.05) is 36.4 Å². The first-order valence-corrected chi connectivity index (χ1v) is 14.1. The Kier molecular flexibility index (Phi) is 8.09. The molecule has 1 aliphatic heterocycles. The van der Waals surface area contributed by atoms with Gasteiger partial charge in [-0.25, -0.2) is 8.78 Å². The molecular formula is C32H34F2N4O5. The number of hydrogen-bond donors (Lipinski definition) is 1. The molecule has 5 rings (SSSR count). The smallest absolute Gasteiger partial charge is 0.274 e. The molecule has 2 aliphatic rings. The fraction of sp³-hybridized carbons (Fsp3) is 0.375. The lowest BCUT2D eigenvalue weighted by Crippen LogP contribution is -2.65. The number of carbonyl (C=O) groups is 3. The van der Waals surface area contributed by atoms with Crippen LogP contribution in [0.3, 0.4) is 0 Å². The number of aromatic nitrogens is 1. The number of ether oxygens (including phenoxy) is 1. The van der Waals surface area contributed by atoms with E-state index in [4.69, 9.17) is 4.74 Å². The topological polar surface area (TPSA) is 101 Å². The third-order valence-electron chi connectivity index (χ3n) is 8.43. The van der Waals surface area contributed by atoms with Gasteiger partial charge in [-0.05, 0) is 38.3 Å². The van der Waals surface area contributed by atoms with Crippen LogP contribution in [0.2, 0.25) is 0 Å². The van der Waals surface area contributed by atoms with Crippen molar-refractivity contribution in [1.29, 1.82) is 0 Å². The van der Waals surface area contributed by atoms with E-state index in [9.17, 15) is 28.0 Å². The van der Waals surface area contributed by atoms with Crippen LogP contribution in [0.1, 0.15) is 65.6 Å². The monoisotopic (exact) mass is 592 g/mol. The van der Waals surface area contributed by atoms with E-state index in [2.05, 4.69) is 5.32 Å². The maximum absolute atomic E-state index is 14.2. The van der Waals surface area contributed by atoms with Crippen molar-refractivity contribution in [2.45, 2.75) is 64.4 Å². The summed E-state index contributed by atoms with van der Waals surface area (Å²) in [6.45, 7) is 5.27. The molecule has 226 valence electrons. The fourth-order valence-electron chi connectivity index (χ4n) is 5.82. The van der Waals surface area contributed by atoms with Gasteiger partial charge in [0, 0.05) is 57.0 Å². The van der Waals surface area contributed by atoms with Crippen LogP contribution in [-0.2, 0) is 23.5 Å². The van der Waals surface area contributed by atoms with Crippen LogP contribution < -0.4 is 15.5 Å². The van der Waals surface area contributed by atoms with Crippen LogP contribution >= 0.6 is 0 Å². The number of amides is 3. The van der Waals surface area contributed by atoms with Crippen molar-refractivity contribution in [3.63, 3.8) is 0 Å². The third-order valence-corrected chi connectivity index (χ3v) is 8.43. The molecule has 1 spiro atoms. The number of hydrogen-bond acceptors (Lipinski definition) is 5. The quantitative estimate of drug-likeness (QED) is 0.429. The minimum atomic E-state index is -0.831. The van der Waals surface area contributed by atoms with Gasteiger partial charge in [0.1, 0.15) is 23.8 Å². The lowest BCUT2D eigenvalue weighted by atomic mass is 9.69. The van der Waals surface area contributed by atoms with Crippen LogP contribution in [0.15, 0.2) is 59.5 Å². The van der Waals surface area contributed by atoms with Gasteiger partial charge in [0.05, 0.1) is 5.54 Å². The van der Waals surface area contributed by atoms with Gasteiger partial charge >= 0.3 is 0 Å². The van der Waals surface area contributed by atoms with Crippen molar-refractivity contribution >= 4 is 17.7 Å². The first-order valence-electron chi connectivity index (χ1n) is 14.1. The van der Waals surface area contributed by atoms with E-state index in [1.807, 2.05) is 44.2 Å². The van der Waals surface area contributed by atoms with E-state index in [0.717, 1.165) is 11.6 Å². The third kappa shape index (κ3) is 5.63. The number of carbonyl (C=O) groups excluding carboxylic acids is 3. The normalized spacial score (nSPS) is 19.2. The number of nitrogens with one attached hydrogen (secondary N) is 1. The van der Waals surface area contributed by atoms with Crippen LogP contribution in [0.25, 0.3) is 0 Å². The number of halogens is 2. The van der Waals surface area contributed by atoms with E-state index in [1.54, 1.807) is 21.4 Å². The summed E-state index contributed by atoms with van der Waals surface area (Å²) >= 11 is 0. The Bertz CT molecular complexity index is 1630. The number of fused-ring (bicyclic) bond motifs is 2. The maximum Gasteiger partial charge on any atom is 0.274 e. The Morgan fingerprint density at radius 2 is 1.81 bits per heavy atom. The molecule has 0 atom stereocenters. The molecule has 3 amide bonds. The second-order valence-corrected chi connectivity index (χ2v) is 11.6. The number of benzene rings is 2. The van der Waals surface area contributed by atoms with Crippen molar-refractivity contribution < 1.29 is 27.9 Å². The van der Waals surface area contributed by atoms with Crippen molar-refractivity contribution in [3.8, 4) is 5.75 Å². The molecule has 0 saturated heterocycles. The van der Waals surface area contributed by atoms with Gasteiger partial charge in [-0.3, -0.25) is 19.2 Å². The largest absolute Gasteiger partial charge is 0.483 e. The van der Waals surface area contributed by atoms with Crippen LogP contribution in [0, 0.1) is 11.6 Å². The number of rotatable bonds is 8. The molecule has 0 radical (unpaired) electrons. The van der Waals surface area contributed by atoms with Crippen LogP contribution in [-0.4, -0.2) is 57.8 Å². The van der Waals surface area contributed by atoms with Crippen LogP contribution in [0.5, 0.6) is 5.75 Å². The maximum atomic E-state index is 14.2. The van der Waals surface area contributed by atoms with E-state index in [1.165, 1.54) is 19.2 Å². The molecule has 1 aromatic heterocycles. The summed E-state index contributed by atoms with van der Waals surface area (Å²) < 4.78 is 35.3. The fourth-order valence-corrected chi connectivity index (χ4v) is 5.82. The first-order chi connectivity index (χ1) is 20.4. The van der Waals surface area contributed by atoms with E-state index in [-0.39, 0.29) is 53.7 Å². The van der Waals surface area contributed by atoms with Gasteiger partial charge < -0.3 is 24.4 Å². The lowest BCUT2D eigenvalue weighted by molar-refractivity contribution is -0.134. The zero-order valence-corrected chi connectivity index (χ0v) is 24.5. The summed E-state index contributed by atoms with van der Waals surface area (Å²) in [5, 5.41) is 2.55. The number of nitrogens with zero attached hydrogens (tertiary/aromatic N) is 3. The Hall–Kier alpha value is -4.54. The standard InChI is InChI=1S/C32H34F2N4O5/c1-19(2)37-18-32(13-24(14-32)36(4)20(3)39)38-16-25(30(41)35-15-22-10-11-23(33)12-26(22)34)28(40)29(27(38)31(37)42)43-17-21-8-6-5-7-9-21/h5-12,16,19,24H,13-15,17-18H2,1-4H3,(H,35,41). The molecule has 3 aromatic rings. The molecule has 1 aliphatic carbocycles. The Balaban J connectivity index is 1.59. The molecule has 0 unspecified atom stereocenters. The zero-order valence-electron chi connectivity index (χ0n) is 24.5. The van der Waals surface area contributed by atoms with E-state index in [0.29, 0.717) is 25.5 Å². The highest BCUT2D eigenvalue weighted by Gasteiger charge is 2.54. The predicted octanol–water partition coefficient (Wildman–Crippen LogP) is 3.84. The summed E-state index contributed by atoms with van der Waals surface area (Å²) in [6, 6.07) is 11.8. The highest BCUT2D eigenvalue weighted by Crippen LogP contribution is 2.47. The molecule has 0 bridgehead atoms. The zero-order chi connectivity index (χ0) is 31.1. The van der Waals surface area contributed by atoms with Gasteiger partial charge in [0.2, 0.25) is 11.3 Å². The summed E-state index contributed by atoms with van der Waals surface area (Å²) in [6.07, 6.45) is 2.37. The highest BCUT2D eigenvalue weighted by molar-refractivity contribution is 5.99. The summed E-state index contributed by atoms with van der Waals surface area (Å²) in [5.74, 6) is -3.11. The minimum Gasteiger partial charge on any atom is -0.483 e. The Morgan fingerprint density at radius 1 is 1.12 bits per heavy atom. The SMILES string of the molecule is CC(=O)N(C)C1CC2(C1)CN(C(C)C)C(=O)c1c(OCc3ccccc3)c(=O)c(C(=O)NCc3ccc(F)cc3F)cn12. The highest BCUT2D eigenvalue weighted by atomic mass is 19.1. The summed E-state index contributed by atoms with van der Waals surface area (Å²) in [5.41, 5.74) is -0.896. The molecule has 2 heterocycles. The van der Waals surface area contributed by atoms with Crippen molar-refractivity contribution in [1.82, 2.24) is 19.7 Å².